The molecule has 0 aromatic carbocycles. The third-order valence-corrected chi connectivity index (χ3v) is 3.57. The van der Waals surface area contributed by atoms with E-state index in [-0.39, 0.29) is 5.91 Å². The van der Waals surface area contributed by atoms with E-state index < -0.39 is 5.54 Å². The molecule has 2 rings (SSSR count). The van der Waals surface area contributed by atoms with Crippen LogP contribution >= 0.6 is 0 Å². The zero-order valence-corrected chi connectivity index (χ0v) is 8.88. The summed E-state index contributed by atoms with van der Waals surface area (Å²) in [7, 11) is 0. The molecule has 0 radical (unpaired) electrons. The molecule has 2 saturated carbocycles. The van der Waals surface area contributed by atoms with Crippen molar-refractivity contribution in [3.8, 4) is 0 Å². The Labute approximate surface area is 85.4 Å². The van der Waals surface area contributed by atoms with Crippen LogP contribution in [0.3, 0.4) is 0 Å². The second-order valence-electron chi connectivity index (χ2n) is 5.12. The van der Waals surface area contributed by atoms with Gasteiger partial charge >= 0.3 is 0 Å². The SMILES string of the molecule is CC(CC1CCC1)(NC1CC1)C(N)=O. The molecule has 0 bridgehead atoms. The minimum Gasteiger partial charge on any atom is -0.368 e. The highest BCUT2D eigenvalue weighted by Gasteiger charge is 2.39. The highest BCUT2D eigenvalue weighted by Crippen LogP contribution is 2.35. The molecule has 0 saturated heterocycles. The van der Waals surface area contributed by atoms with Crippen molar-refractivity contribution in [1.29, 1.82) is 0 Å². The summed E-state index contributed by atoms with van der Waals surface area (Å²) in [6.07, 6.45) is 7.20. The third kappa shape index (κ3) is 2.08. The van der Waals surface area contributed by atoms with Gasteiger partial charge in [-0.15, -0.1) is 0 Å². The smallest absolute Gasteiger partial charge is 0.237 e. The Hall–Kier alpha value is -0.570. The highest BCUT2D eigenvalue weighted by molar-refractivity contribution is 5.84. The van der Waals surface area contributed by atoms with Crippen molar-refractivity contribution in [2.24, 2.45) is 11.7 Å². The molecule has 0 aromatic heterocycles. The van der Waals surface area contributed by atoms with Gasteiger partial charge in [-0.1, -0.05) is 19.3 Å². The quantitative estimate of drug-likeness (QED) is 0.693. The lowest BCUT2D eigenvalue weighted by atomic mass is 9.76. The molecule has 0 heterocycles. The standard InChI is InChI=1S/C11H20N2O/c1-11(10(12)14,13-9-5-6-9)7-8-3-2-4-8/h8-9,13H,2-7H2,1H3,(H2,12,14). The van der Waals surface area contributed by atoms with Crippen molar-refractivity contribution in [2.75, 3.05) is 0 Å². The average molecular weight is 196 g/mol. The van der Waals surface area contributed by atoms with Crippen LogP contribution in [0.1, 0.15) is 45.4 Å². The summed E-state index contributed by atoms with van der Waals surface area (Å²) in [6.45, 7) is 1.96. The van der Waals surface area contributed by atoms with Crippen LogP contribution in [0.15, 0.2) is 0 Å². The van der Waals surface area contributed by atoms with Crippen molar-refractivity contribution in [2.45, 2.75) is 57.0 Å². The minimum atomic E-state index is -0.452. The number of rotatable bonds is 5. The monoisotopic (exact) mass is 196 g/mol. The van der Waals surface area contributed by atoms with Gasteiger partial charge in [-0.3, -0.25) is 4.79 Å². The average Bonchev–Trinajstić information content (AvgIpc) is 2.81. The molecular formula is C11H20N2O. The summed E-state index contributed by atoms with van der Waals surface area (Å²) in [5.74, 6) is 0.537. The first-order valence-corrected chi connectivity index (χ1v) is 5.68. The van der Waals surface area contributed by atoms with Gasteiger partial charge in [0.15, 0.2) is 0 Å². The Kier molecular flexibility index (Phi) is 2.52. The van der Waals surface area contributed by atoms with Crippen molar-refractivity contribution in [1.82, 2.24) is 5.32 Å². The number of carbonyl (C=O) groups is 1. The van der Waals surface area contributed by atoms with Crippen LogP contribution < -0.4 is 11.1 Å². The Morgan fingerprint density at radius 3 is 2.43 bits per heavy atom. The van der Waals surface area contributed by atoms with Gasteiger partial charge in [-0.2, -0.15) is 0 Å². The molecule has 2 fully saturated rings. The van der Waals surface area contributed by atoms with E-state index in [9.17, 15) is 4.79 Å². The van der Waals surface area contributed by atoms with Gasteiger partial charge in [-0.25, -0.2) is 0 Å². The molecule has 3 nitrogen and oxygen atoms in total. The van der Waals surface area contributed by atoms with Crippen LogP contribution in [-0.2, 0) is 4.79 Å². The highest BCUT2D eigenvalue weighted by atomic mass is 16.1. The summed E-state index contributed by atoms with van der Waals surface area (Å²) in [6, 6.07) is 0.549. The van der Waals surface area contributed by atoms with Gasteiger partial charge in [0.25, 0.3) is 0 Å². The Balaban J connectivity index is 1.92. The van der Waals surface area contributed by atoms with E-state index in [0.29, 0.717) is 6.04 Å². The van der Waals surface area contributed by atoms with E-state index in [2.05, 4.69) is 5.32 Å². The van der Waals surface area contributed by atoms with E-state index in [1.54, 1.807) is 0 Å². The maximum Gasteiger partial charge on any atom is 0.237 e. The topological polar surface area (TPSA) is 55.1 Å². The molecule has 2 aliphatic carbocycles. The molecule has 3 N–H and O–H groups in total. The lowest BCUT2D eigenvalue weighted by Gasteiger charge is -2.35. The van der Waals surface area contributed by atoms with Gasteiger partial charge in [-0.05, 0) is 32.1 Å². The largest absolute Gasteiger partial charge is 0.368 e. The van der Waals surface area contributed by atoms with Crippen LogP contribution in [0.2, 0.25) is 0 Å². The van der Waals surface area contributed by atoms with Gasteiger partial charge in [0, 0.05) is 6.04 Å². The summed E-state index contributed by atoms with van der Waals surface area (Å²) in [5, 5.41) is 3.39. The number of primary amides is 1. The number of hydrogen-bond donors (Lipinski definition) is 2. The molecule has 3 heteroatoms. The second-order valence-corrected chi connectivity index (χ2v) is 5.12. The van der Waals surface area contributed by atoms with E-state index in [4.69, 9.17) is 5.73 Å². The fourth-order valence-corrected chi connectivity index (χ4v) is 2.18. The van der Waals surface area contributed by atoms with Crippen LogP contribution in [0.25, 0.3) is 0 Å². The number of hydrogen-bond acceptors (Lipinski definition) is 2. The predicted molar refractivity (Wildman–Crippen MR) is 55.7 cm³/mol. The van der Waals surface area contributed by atoms with Crippen molar-refractivity contribution < 1.29 is 4.79 Å². The summed E-state index contributed by atoms with van der Waals surface area (Å²) < 4.78 is 0. The van der Waals surface area contributed by atoms with E-state index >= 15 is 0 Å². The van der Waals surface area contributed by atoms with Gasteiger partial charge in [0.2, 0.25) is 5.91 Å². The Bertz CT molecular complexity index is 233. The molecule has 0 aliphatic heterocycles. The molecule has 1 amide bonds. The molecule has 1 atom stereocenters. The maximum atomic E-state index is 11.4. The fraction of sp³-hybridized carbons (Fsp3) is 0.909. The lowest BCUT2D eigenvalue weighted by Crippen LogP contribution is -2.55. The molecule has 0 spiro atoms. The lowest BCUT2D eigenvalue weighted by molar-refractivity contribution is -0.124. The van der Waals surface area contributed by atoms with Gasteiger partial charge in [0.1, 0.15) is 0 Å². The number of nitrogens with two attached hydrogens (primary N) is 1. The number of nitrogens with one attached hydrogen (secondary N) is 1. The van der Waals surface area contributed by atoms with E-state index in [0.717, 1.165) is 12.3 Å². The van der Waals surface area contributed by atoms with Gasteiger partial charge in [0.05, 0.1) is 5.54 Å². The fourth-order valence-electron chi connectivity index (χ4n) is 2.18. The molecule has 0 aromatic rings. The predicted octanol–water partition coefficient (Wildman–Crippen LogP) is 1.17. The number of carbonyl (C=O) groups excluding carboxylic acids is 1. The van der Waals surface area contributed by atoms with Crippen molar-refractivity contribution >= 4 is 5.91 Å². The summed E-state index contributed by atoms with van der Waals surface area (Å²) >= 11 is 0. The zero-order chi connectivity index (χ0) is 10.2. The number of amides is 1. The first-order valence-electron chi connectivity index (χ1n) is 5.68. The van der Waals surface area contributed by atoms with Crippen LogP contribution in [0.5, 0.6) is 0 Å². The Morgan fingerprint density at radius 2 is 2.07 bits per heavy atom. The molecule has 80 valence electrons. The minimum absolute atomic E-state index is 0.184. The van der Waals surface area contributed by atoms with E-state index in [1.165, 1.54) is 32.1 Å². The summed E-state index contributed by atoms with van der Waals surface area (Å²) in [5.41, 5.74) is 5.02. The van der Waals surface area contributed by atoms with Crippen molar-refractivity contribution in [3.05, 3.63) is 0 Å². The van der Waals surface area contributed by atoms with Crippen molar-refractivity contribution in [3.63, 3.8) is 0 Å². The van der Waals surface area contributed by atoms with Crippen LogP contribution in [0.4, 0.5) is 0 Å². The summed E-state index contributed by atoms with van der Waals surface area (Å²) in [4.78, 5) is 11.4. The van der Waals surface area contributed by atoms with Gasteiger partial charge < -0.3 is 11.1 Å². The van der Waals surface area contributed by atoms with Crippen LogP contribution in [-0.4, -0.2) is 17.5 Å². The Morgan fingerprint density at radius 1 is 1.43 bits per heavy atom. The first kappa shape index (κ1) is 9.97. The molecule has 1 unspecified atom stereocenters. The van der Waals surface area contributed by atoms with E-state index in [1.807, 2.05) is 6.92 Å². The second kappa shape index (κ2) is 3.54. The molecule has 2 aliphatic rings. The first-order chi connectivity index (χ1) is 6.60. The zero-order valence-electron chi connectivity index (χ0n) is 8.88. The van der Waals surface area contributed by atoms with Crippen LogP contribution in [0, 0.1) is 5.92 Å². The third-order valence-electron chi connectivity index (χ3n) is 3.57. The molecular weight excluding hydrogens is 176 g/mol. The molecule has 14 heavy (non-hydrogen) atoms. The maximum absolute atomic E-state index is 11.4. The normalized spacial score (nSPS) is 26.6.